The highest BCUT2D eigenvalue weighted by Gasteiger charge is 2.10. The quantitative estimate of drug-likeness (QED) is 0.770. The molecule has 2 atom stereocenters. The van der Waals surface area contributed by atoms with Crippen LogP contribution in [0.1, 0.15) is 25.8 Å². The first-order chi connectivity index (χ1) is 8.67. The van der Waals surface area contributed by atoms with Gasteiger partial charge in [-0.25, -0.2) is 0 Å². The summed E-state index contributed by atoms with van der Waals surface area (Å²) in [4.78, 5) is 0. The zero-order valence-corrected chi connectivity index (χ0v) is 11.9. The summed E-state index contributed by atoms with van der Waals surface area (Å²) >= 11 is 0. The molecule has 0 radical (unpaired) electrons. The Morgan fingerprint density at radius 1 is 1.11 bits per heavy atom. The fourth-order valence-electron chi connectivity index (χ4n) is 2.12. The van der Waals surface area contributed by atoms with Gasteiger partial charge in [0, 0.05) is 25.8 Å². The number of rotatable bonds is 8. The molecule has 1 rings (SSSR count). The Hall–Kier alpha value is -1.06. The molecule has 0 spiro atoms. The zero-order valence-electron chi connectivity index (χ0n) is 11.9. The average molecular weight is 251 g/mol. The van der Waals surface area contributed by atoms with Crippen LogP contribution in [0.25, 0.3) is 0 Å². The summed E-state index contributed by atoms with van der Waals surface area (Å²) in [5.74, 6) is 0.968. The Morgan fingerprint density at radius 2 is 1.83 bits per heavy atom. The molecule has 0 aliphatic heterocycles. The summed E-state index contributed by atoms with van der Waals surface area (Å²) in [7, 11) is 3.46. The molecule has 0 aromatic heterocycles. The average Bonchev–Trinajstić information content (AvgIpc) is 2.36. The van der Waals surface area contributed by atoms with Gasteiger partial charge in [0.1, 0.15) is 5.75 Å². The second kappa shape index (κ2) is 8.11. The van der Waals surface area contributed by atoms with Gasteiger partial charge >= 0.3 is 0 Å². The van der Waals surface area contributed by atoms with E-state index in [0.29, 0.717) is 12.1 Å². The molecule has 0 heterocycles. The van der Waals surface area contributed by atoms with Gasteiger partial charge < -0.3 is 14.8 Å². The Balaban J connectivity index is 2.46. The lowest BCUT2D eigenvalue weighted by atomic mass is 10.0. The summed E-state index contributed by atoms with van der Waals surface area (Å²) in [5, 5.41) is 3.58. The second-order valence-electron chi connectivity index (χ2n) is 4.77. The monoisotopic (exact) mass is 251 g/mol. The van der Waals surface area contributed by atoms with Crippen molar-refractivity contribution < 1.29 is 9.47 Å². The molecule has 18 heavy (non-hydrogen) atoms. The molecule has 1 aromatic carbocycles. The van der Waals surface area contributed by atoms with Gasteiger partial charge in [0.05, 0.1) is 7.11 Å². The standard InChI is InChI=1S/C15H25NO2/c1-12(9-10-17-3)16-13(2)11-14-7-5-6-8-15(14)18-4/h5-8,12-13,16H,9-11H2,1-4H3. The van der Waals surface area contributed by atoms with Crippen LogP contribution >= 0.6 is 0 Å². The van der Waals surface area contributed by atoms with E-state index in [1.807, 2.05) is 12.1 Å². The highest BCUT2D eigenvalue weighted by molar-refractivity contribution is 5.33. The molecule has 1 aromatic rings. The molecule has 1 N–H and O–H groups in total. The lowest BCUT2D eigenvalue weighted by Crippen LogP contribution is -2.36. The molecular weight excluding hydrogens is 226 g/mol. The van der Waals surface area contributed by atoms with Crippen molar-refractivity contribution in [1.82, 2.24) is 5.32 Å². The van der Waals surface area contributed by atoms with Crippen LogP contribution in [-0.2, 0) is 11.2 Å². The molecule has 0 saturated carbocycles. The van der Waals surface area contributed by atoms with Gasteiger partial charge in [-0.3, -0.25) is 0 Å². The van der Waals surface area contributed by atoms with E-state index < -0.39 is 0 Å². The molecule has 0 aliphatic carbocycles. The number of ether oxygens (including phenoxy) is 2. The van der Waals surface area contributed by atoms with Crippen LogP contribution in [0.3, 0.4) is 0 Å². The second-order valence-corrected chi connectivity index (χ2v) is 4.77. The van der Waals surface area contributed by atoms with Crippen molar-refractivity contribution in [2.45, 2.75) is 38.8 Å². The lowest BCUT2D eigenvalue weighted by molar-refractivity contribution is 0.183. The maximum Gasteiger partial charge on any atom is 0.122 e. The van der Waals surface area contributed by atoms with E-state index in [2.05, 4.69) is 31.3 Å². The van der Waals surface area contributed by atoms with Gasteiger partial charge in [-0.05, 0) is 38.3 Å². The minimum absolute atomic E-state index is 0.424. The van der Waals surface area contributed by atoms with Gasteiger partial charge in [-0.1, -0.05) is 18.2 Å². The van der Waals surface area contributed by atoms with E-state index in [0.717, 1.165) is 25.2 Å². The van der Waals surface area contributed by atoms with Gasteiger partial charge in [0.25, 0.3) is 0 Å². The number of hydrogen-bond acceptors (Lipinski definition) is 3. The maximum absolute atomic E-state index is 5.37. The van der Waals surface area contributed by atoms with Crippen molar-refractivity contribution in [3.63, 3.8) is 0 Å². The number of benzene rings is 1. The molecule has 0 bridgehead atoms. The van der Waals surface area contributed by atoms with Crippen LogP contribution in [0.4, 0.5) is 0 Å². The Bertz CT molecular complexity index is 341. The predicted molar refractivity (Wildman–Crippen MR) is 75.3 cm³/mol. The molecule has 2 unspecified atom stereocenters. The summed E-state index contributed by atoms with van der Waals surface area (Å²) in [6, 6.07) is 9.08. The van der Waals surface area contributed by atoms with Crippen LogP contribution in [0.15, 0.2) is 24.3 Å². The summed E-state index contributed by atoms with van der Waals surface area (Å²) < 4.78 is 10.5. The van der Waals surface area contributed by atoms with Crippen molar-refractivity contribution in [3.8, 4) is 5.75 Å². The van der Waals surface area contributed by atoms with Crippen LogP contribution in [0.5, 0.6) is 5.75 Å². The van der Waals surface area contributed by atoms with Gasteiger partial charge in [0.2, 0.25) is 0 Å². The first-order valence-electron chi connectivity index (χ1n) is 6.54. The fourth-order valence-corrected chi connectivity index (χ4v) is 2.12. The van der Waals surface area contributed by atoms with Crippen molar-refractivity contribution >= 4 is 0 Å². The molecular formula is C15H25NO2. The summed E-state index contributed by atoms with van der Waals surface area (Å²) in [5.41, 5.74) is 1.25. The topological polar surface area (TPSA) is 30.5 Å². The number of nitrogens with one attached hydrogen (secondary N) is 1. The van der Waals surface area contributed by atoms with Crippen molar-refractivity contribution in [3.05, 3.63) is 29.8 Å². The highest BCUT2D eigenvalue weighted by atomic mass is 16.5. The largest absolute Gasteiger partial charge is 0.496 e. The third-order valence-electron chi connectivity index (χ3n) is 3.04. The first-order valence-corrected chi connectivity index (χ1v) is 6.54. The normalized spacial score (nSPS) is 14.2. The molecule has 102 valence electrons. The molecule has 0 amide bonds. The van der Waals surface area contributed by atoms with Crippen LogP contribution in [0, 0.1) is 0 Å². The Morgan fingerprint density at radius 3 is 2.50 bits per heavy atom. The van der Waals surface area contributed by atoms with E-state index in [1.165, 1.54) is 5.56 Å². The smallest absolute Gasteiger partial charge is 0.122 e. The summed E-state index contributed by atoms with van der Waals surface area (Å²) in [6.07, 6.45) is 2.01. The Labute approximate surface area is 110 Å². The van der Waals surface area contributed by atoms with E-state index in [4.69, 9.17) is 9.47 Å². The minimum Gasteiger partial charge on any atom is -0.496 e. The molecule has 0 fully saturated rings. The van der Waals surface area contributed by atoms with Crippen molar-refractivity contribution in [2.75, 3.05) is 20.8 Å². The Kier molecular flexibility index (Phi) is 6.76. The van der Waals surface area contributed by atoms with Crippen LogP contribution in [0.2, 0.25) is 0 Å². The van der Waals surface area contributed by atoms with Gasteiger partial charge in [0.15, 0.2) is 0 Å². The third-order valence-corrected chi connectivity index (χ3v) is 3.04. The van der Waals surface area contributed by atoms with E-state index in [1.54, 1.807) is 14.2 Å². The lowest BCUT2D eigenvalue weighted by Gasteiger charge is -2.20. The number of hydrogen-bond donors (Lipinski definition) is 1. The first kappa shape index (κ1) is 15.0. The molecule has 0 saturated heterocycles. The van der Waals surface area contributed by atoms with E-state index in [9.17, 15) is 0 Å². The predicted octanol–water partition coefficient (Wildman–Crippen LogP) is 2.64. The number of para-hydroxylation sites is 1. The maximum atomic E-state index is 5.37. The minimum atomic E-state index is 0.424. The van der Waals surface area contributed by atoms with Gasteiger partial charge in [-0.2, -0.15) is 0 Å². The van der Waals surface area contributed by atoms with Crippen LogP contribution in [-0.4, -0.2) is 32.9 Å². The molecule has 3 nitrogen and oxygen atoms in total. The SMILES string of the molecule is COCCC(C)NC(C)Cc1ccccc1OC. The fraction of sp³-hybridized carbons (Fsp3) is 0.600. The third kappa shape index (κ3) is 5.07. The van der Waals surface area contributed by atoms with Crippen molar-refractivity contribution in [2.24, 2.45) is 0 Å². The molecule has 3 heteroatoms. The van der Waals surface area contributed by atoms with Crippen molar-refractivity contribution in [1.29, 1.82) is 0 Å². The van der Waals surface area contributed by atoms with E-state index >= 15 is 0 Å². The van der Waals surface area contributed by atoms with E-state index in [-0.39, 0.29) is 0 Å². The summed E-state index contributed by atoms with van der Waals surface area (Å²) in [6.45, 7) is 5.20. The molecule has 0 aliphatic rings. The van der Waals surface area contributed by atoms with Gasteiger partial charge in [-0.15, -0.1) is 0 Å². The number of methoxy groups -OCH3 is 2. The van der Waals surface area contributed by atoms with Crippen LogP contribution < -0.4 is 10.1 Å². The zero-order chi connectivity index (χ0) is 13.4. The highest BCUT2D eigenvalue weighted by Crippen LogP contribution is 2.18.